The van der Waals surface area contributed by atoms with E-state index < -0.39 is 0 Å². The first-order valence-electron chi connectivity index (χ1n) is 10.1. The van der Waals surface area contributed by atoms with Gasteiger partial charge in [0.1, 0.15) is 6.10 Å². The van der Waals surface area contributed by atoms with Crippen LogP contribution in [0.5, 0.6) is 6.01 Å². The zero-order chi connectivity index (χ0) is 20.2. The third-order valence-corrected chi connectivity index (χ3v) is 6.08. The van der Waals surface area contributed by atoms with Crippen LogP contribution in [0.1, 0.15) is 18.4 Å². The van der Waals surface area contributed by atoms with E-state index in [9.17, 15) is 0 Å². The summed E-state index contributed by atoms with van der Waals surface area (Å²) in [6.07, 6.45) is 10.1. The smallest absolute Gasteiger partial charge is 0.317 e. The summed E-state index contributed by atoms with van der Waals surface area (Å²) in [6.45, 7) is 3.59. The van der Waals surface area contributed by atoms with Crippen LogP contribution in [0, 0.1) is 5.92 Å². The van der Waals surface area contributed by atoms with Crippen LogP contribution in [0.2, 0.25) is 0 Å². The summed E-state index contributed by atoms with van der Waals surface area (Å²) in [4.78, 5) is 23.0. The monoisotopic (exact) mass is 425 g/mol. The number of anilines is 2. The van der Waals surface area contributed by atoms with Gasteiger partial charge >= 0.3 is 6.01 Å². The molecule has 3 aromatic rings. The number of aromatic nitrogens is 5. The van der Waals surface area contributed by atoms with Gasteiger partial charge in [0.15, 0.2) is 5.13 Å². The largest absolute Gasteiger partial charge is 0.460 e. The van der Waals surface area contributed by atoms with Crippen molar-refractivity contribution in [2.45, 2.75) is 25.4 Å². The average molecular weight is 426 g/mol. The summed E-state index contributed by atoms with van der Waals surface area (Å²) in [5, 5.41) is 7.16. The van der Waals surface area contributed by atoms with Gasteiger partial charge in [0.2, 0.25) is 5.95 Å². The fourth-order valence-corrected chi connectivity index (χ4v) is 4.15. The summed E-state index contributed by atoms with van der Waals surface area (Å²) >= 11 is 1.49. The van der Waals surface area contributed by atoms with Crippen LogP contribution < -0.4 is 15.4 Å². The van der Waals surface area contributed by atoms with Gasteiger partial charge in [0.05, 0.1) is 23.8 Å². The molecule has 2 N–H and O–H groups in total. The lowest BCUT2D eigenvalue weighted by atomic mass is 9.96. The van der Waals surface area contributed by atoms with Crippen LogP contribution in [0.4, 0.5) is 11.1 Å². The Kier molecular flexibility index (Phi) is 5.78. The first kappa shape index (κ1) is 19.3. The molecule has 3 aromatic heterocycles. The molecule has 2 aliphatic rings. The number of nitrogens with zero attached hydrogens (tertiary/aromatic N) is 5. The van der Waals surface area contributed by atoms with Crippen LogP contribution in [0.25, 0.3) is 10.6 Å². The van der Waals surface area contributed by atoms with E-state index in [-0.39, 0.29) is 6.10 Å². The molecule has 2 fully saturated rings. The van der Waals surface area contributed by atoms with E-state index in [2.05, 4.69) is 35.6 Å². The molecule has 0 unspecified atom stereocenters. The Hall–Kier alpha value is -2.69. The standard InChI is InChI=1S/C20H23N7O2S/c1-4-22-19(29-15-2-5-28-6-3-15)26-16(1)17-12-25-20(30-17)27-18-23-10-14(11-24-18)7-13-8-21-9-13/h1,4,10-13,15,21H,2-3,5-9H2,(H,23,24,25,27). The van der Waals surface area contributed by atoms with Crippen LogP contribution in [0.15, 0.2) is 30.9 Å². The highest BCUT2D eigenvalue weighted by atomic mass is 32.1. The van der Waals surface area contributed by atoms with Crippen LogP contribution >= 0.6 is 11.3 Å². The van der Waals surface area contributed by atoms with Crippen molar-refractivity contribution < 1.29 is 9.47 Å². The quantitative estimate of drug-likeness (QED) is 0.590. The SMILES string of the molecule is c1cc(-c2cnc(Nc3ncc(CC4CNC4)cn3)s2)nc(OC2CCOCC2)n1. The summed E-state index contributed by atoms with van der Waals surface area (Å²) < 4.78 is 11.3. The van der Waals surface area contributed by atoms with E-state index in [1.807, 2.05) is 18.5 Å². The van der Waals surface area contributed by atoms with Gasteiger partial charge in [0, 0.05) is 37.6 Å². The molecule has 0 aliphatic carbocycles. The third kappa shape index (κ3) is 4.72. The first-order chi connectivity index (χ1) is 14.8. The van der Waals surface area contributed by atoms with Crippen molar-refractivity contribution in [3.63, 3.8) is 0 Å². The first-order valence-corrected chi connectivity index (χ1v) is 11.0. The molecule has 0 aromatic carbocycles. The average Bonchev–Trinajstić information content (AvgIpc) is 3.21. The molecule has 30 heavy (non-hydrogen) atoms. The zero-order valence-corrected chi connectivity index (χ0v) is 17.3. The molecule has 5 heterocycles. The molecule has 0 bridgehead atoms. The summed E-state index contributed by atoms with van der Waals surface area (Å²) in [7, 11) is 0. The molecule has 5 rings (SSSR count). The van der Waals surface area contributed by atoms with Crippen LogP contribution in [-0.2, 0) is 11.2 Å². The molecule has 0 spiro atoms. The lowest BCUT2D eigenvalue weighted by molar-refractivity contribution is 0.0217. The van der Waals surface area contributed by atoms with Gasteiger partial charge in [-0.25, -0.2) is 19.9 Å². The molecule has 2 aliphatic heterocycles. The highest BCUT2D eigenvalue weighted by Crippen LogP contribution is 2.29. The summed E-state index contributed by atoms with van der Waals surface area (Å²) in [5.74, 6) is 1.24. The molecule has 9 nitrogen and oxygen atoms in total. The highest BCUT2D eigenvalue weighted by molar-refractivity contribution is 7.18. The minimum absolute atomic E-state index is 0.105. The molecule has 0 saturated carbocycles. The van der Waals surface area contributed by atoms with E-state index in [1.54, 1.807) is 12.4 Å². The van der Waals surface area contributed by atoms with Crippen molar-refractivity contribution in [3.05, 3.63) is 36.4 Å². The zero-order valence-electron chi connectivity index (χ0n) is 16.5. The van der Waals surface area contributed by atoms with Crippen molar-refractivity contribution in [2.24, 2.45) is 5.92 Å². The van der Waals surface area contributed by atoms with Gasteiger partial charge in [-0.1, -0.05) is 11.3 Å². The number of thiazole rings is 1. The van der Waals surface area contributed by atoms with Crippen LogP contribution in [0.3, 0.4) is 0 Å². The predicted octanol–water partition coefficient (Wildman–Crippen LogP) is 2.45. The van der Waals surface area contributed by atoms with Gasteiger partial charge in [0.25, 0.3) is 0 Å². The predicted molar refractivity (Wildman–Crippen MR) is 113 cm³/mol. The van der Waals surface area contributed by atoms with Gasteiger partial charge in [-0.15, -0.1) is 0 Å². The Balaban J connectivity index is 1.22. The van der Waals surface area contributed by atoms with Crippen molar-refractivity contribution >= 4 is 22.4 Å². The Bertz CT molecular complexity index is 971. The maximum atomic E-state index is 5.91. The Labute approximate surface area is 178 Å². The number of rotatable bonds is 7. The van der Waals surface area contributed by atoms with Crippen molar-refractivity contribution in [1.29, 1.82) is 0 Å². The Morgan fingerprint density at radius 3 is 2.70 bits per heavy atom. The molecule has 0 radical (unpaired) electrons. The topological polar surface area (TPSA) is 107 Å². The van der Waals surface area contributed by atoms with Crippen molar-refractivity contribution in [1.82, 2.24) is 30.2 Å². The number of hydrogen-bond donors (Lipinski definition) is 2. The molecule has 156 valence electrons. The van der Waals surface area contributed by atoms with Crippen molar-refractivity contribution in [2.75, 3.05) is 31.6 Å². The Morgan fingerprint density at radius 1 is 1.10 bits per heavy atom. The second-order valence-corrected chi connectivity index (χ2v) is 8.48. The summed E-state index contributed by atoms with van der Waals surface area (Å²) in [5.41, 5.74) is 1.94. The van der Waals surface area contributed by atoms with E-state index in [0.29, 0.717) is 23.0 Å². The lowest BCUT2D eigenvalue weighted by Gasteiger charge is -2.26. The third-order valence-electron chi connectivity index (χ3n) is 5.15. The van der Waals surface area contributed by atoms with Crippen LogP contribution in [-0.4, -0.2) is 57.3 Å². The molecular weight excluding hydrogens is 402 g/mol. The van der Waals surface area contributed by atoms with Gasteiger partial charge in [-0.3, -0.25) is 0 Å². The second kappa shape index (κ2) is 8.99. The van der Waals surface area contributed by atoms with Crippen molar-refractivity contribution in [3.8, 4) is 16.6 Å². The molecular formula is C20H23N7O2S. The minimum Gasteiger partial charge on any atom is -0.460 e. The van der Waals surface area contributed by atoms with Gasteiger partial charge in [-0.2, -0.15) is 4.98 Å². The normalized spacial score (nSPS) is 17.5. The van der Waals surface area contributed by atoms with E-state index in [0.717, 1.165) is 61.7 Å². The fourth-order valence-electron chi connectivity index (χ4n) is 3.37. The van der Waals surface area contributed by atoms with Gasteiger partial charge < -0.3 is 20.1 Å². The van der Waals surface area contributed by atoms with Gasteiger partial charge in [-0.05, 0) is 37.1 Å². The van der Waals surface area contributed by atoms with E-state index >= 15 is 0 Å². The molecule has 0 amide bonds. The minimum atomic E-state index is 0.105. The Morgan fingerprint density at radius 2 is 1.93 bits per heavy atom. The summed E-state index contributed by atoms with van der Waals surface area (Å²) in [6, 6.07) is 2.25. The molecule has 0 atom stereocenters. The number of hydrogen-bond acceptors (Lipinski definition) is 10. The highest BCUT2D eigenvalue weighted by Gasteiger charge is 2.18. The lowest BCUT2D eigenvalue weighted by Crippen LogP contribution is -2.43. The number of ether oxygens (including phenoxy) is 2. The number of nitrogens with one attached hydrogen (secondary N) is 2. The maximum absolute atomic E-state index is 5.91. The fraction of sp³-hybridized carbons (Fsp3) is 0.450. The molecule has 2 saturated heterocycles. The second-order valence-electron chi connectivity index (χ2n) is 7.45. The molecule has 10 heteroatoms. The van der Waals surface area contributed by atoms with E-state index in [1.165, 1.54) is 11.3 Å². The maximum Gasteiger partial charge on any atom is 0.317 e. The van der Waals surface area contributed by atoms with E-state index in [4.69, 9.17) is 9.47 Å².